The first-order valence-corrected chi connectivity index (χ1v) is 7.11. The summed E-state index contributed by atoms with van der Waals surface area (Å²) >= 11 is 3.79. The van der Waals surface area contributed by atoms with Gasteiger partial charge in [-0.15, -0.1) is 11.3 Å². The largest absolute Gasteiger partial charge is 0.352 e. The van der Waals surface area contributed by atoms with E-state index in [1.165, 1.54) is 0 Å². The average molecular weight is 361 g/mol. The molecule has 0 bridgehead atoms. The average Bonchev–Trinajstić information content (AvgIpc) is 2.88. The molecule has 0 aliphatic carbocycles. The lowest BCUT2D eigenvalue weighted by molar-refractivity contribution is 0.0954. The molecule has 2 aromatic heterocycles. The van der Waals surface area contributed by atoms with Crippen molar-refractivity contribution in [1.82, 2.24) is 15.1 Å². The Kier molecular flexibility index (Phi) is 4.16. The molecule has 0 saturated heterocycles. The van der Waals surface area contributed by atoms with Crippen molar-refractivity contribution in [3.63, 3.8) is 0 Å². The fourth-order valence-electron chi connectivity index (χ4n) is 1.45. The fraction of sp³-hybridized carbons (Fsp3) is 0.273. The molecular formula is C11H12IN3OS. The minimum atomic E-state index is -0.00643. The number of nitrogens with zero attached hydrogens (tertiary/aromatic N) is 2. The van der Waals surface area contributed by atoms with Crippen LogP contribution in [0, 0.1) is 2.88 Å². The summed E-state index contributed by atoms with van der Waals surface area (Å²) in [5.41, 5.74) is 1.87. The van der Waals surface area contributed by atoms with Crippen LogP contribution in [0.2, 0.25) is 0 Å². The number of carbonyl (C=O) groups is 1. The maximum absolute atomic E-state index is 11.7. The van der Waals surface area contributed by atoms with E-state index in [1.54, 1.807) is 16.0 Å². The van der Waals surface area contributed by atoms with Crippen LogP contribution in [-0.2, 0) is 13.5 Å². The molecular weight excluding hydrogens is 349 g/mol. The van der Waals surface area contributed by atoms with Gasteiger partial charge in [0.1, 0.15) is 0 Å². The summed E-state index contributed by atoms with van der Waals surface area (Å²) in [7, 11) is 1.88. The van der Waals surface area contributed by atoms with E-state index in [1.807, 2.05) is 30.9 Å². The highest BCUT2D eigenvalue weighted by molar-refractivity contribution is 14.1. The zero-order valence-corrected chi connectivity index (χ0v) is 12.3. The summed E-state index contributed by atoms with van der Waals surface area (Å²) in [6, 6.07) is 1.89. The molecule has 90 valence electrons. The van der Waals surface area contributed by atoms with Crippen LogP contribution in [0.4, 0.5) is 0 Å². The smallest absolute Gasteiger partial charge is 0.252 e. The van der Waals surface area contributed by atoms with Crippen molar-refractivity contribution in [2.75, 3.05) is 6.54 Å². The van der Waals surface area contributed by atoms with Gasteiger partial charge in [0.2, 0.25) is 0 Å². The van der Waals surface area contributed by atoms with E-state index in [9.17, 15) is 4.79 Å². The molecule has 0 atom stereocenters. The Morgan fingerprint density at radius 3 is 3.06 bits per heavy atom. The Morgan fingerprint density at radius 2 is 2.47 bits per heavy atom. The predicted octanol–water partition coefficient (Wildman–Crippen LogP) is 2.06. The zero-order valence-electron chi connectivity index (χ0n) is 9.31. The van der Waals surface area contributed by atoms with Crippen molar-refractivity contribution in [3.8, 4) is 0 Å². The third kappa shape index (κ3) is 3.53. The number of rotatable bonds is 4. The topological polar surface area (TPSA) is 46.9 Å². The van der Waals surface area contributed by atoms with Crippen LogP contribution in [0.25, 0.3) is 0 Å². The van der Waals surface area contributed by atoms with Crippen LogP contribution in [0.1, 0.15) is 15.9 Å². The molecule has 0 unspecified atom stereocenters. The molecule has 17 heavy (non-hydrogen) atoms. The first-order chi connectivity index (χ1) is 8.15. The SMILES string of the molecule is Cn1cc(CCNC(=O)c2csc(I)c2)cn1. The molecule has 2 rings (SSSR count). The second-order valence-electron chi connectivity index (χ2n) is 3.67. The molecule has 0 aromatic carbocycles. The van der Waals surface area contributed by atoms with Crippen LogP contribution in [0.5, 0.6) is 0 Å². The molecule has 0 spiro atoms. The summed E-state index contributed by atoms with van der Waals surface area (Å²) in [5.74, 6) is -0.00643. The van der Waals surface area contributed by atoms with Gasteiger partial charge in [0.15, 0.2) is 0 Å². The number of nitrogens with one attached hydrogen (secondary N) is 1. The zero-order chi connectivity index (χ0) is 12.3. The Hall–Kier alpha value is -0.890. The van der Waals surface area contributed by atoms with Gasteiger partial charge < -0.3 is 5.32 Å². The van der Waals surface area contributed by atoms with E-state index in [0.29, 0.717) is 6.54 Å². The molecule has 2 aromatic rings. The maximum atomic E-state index is 11.7. The van der Waals surface area contributed by atoms with Crippen LogP contribution < -0.4 is 5.32 Å². The lowest BCUT2D eigenvalue weighted by Crippen LogP contribution is -2.25. The Morgan fingerprint density at radius 1 is 1.65 bits per heavy atom. The summed E-state index contributed by atoms with van der Waals surface area (Å²) < 4.78 is 2.89. The molecule has 0 saturated carbocycles. The normalized spacial score (nSPS) is 10.5. The van der Waals surface area contributed by atoms with Crippen molar-refractivity contribution in [2.24, 2.45) is 7.05 Å². The number of halogens is 1. The van der Waals surface area contributed by atoms with Crippen molar-refractivity contribution in [1.29, 1.82) is 0 Å². The molecule has 4 nitrogen and oxygen atoms in total. The first-order valence-electron chi connectivity index (χ1n) is 5.15. The van der Waals surface area contributed by atoms with E-state index >= 15 is 0 Å². The number of aryl methyl sites for hydroxylation is 1. The van der Waals surface area contributed by atoms with Gasteiger partial charge in [-0.2, -0.15) is 5.10 Å². The van der Waals surface area contributed by atoms with Crippen LogP contribution in [0.15, 0.2) is 23.8 Å². The number of hydrogen-bond acceptors (Lipinski definition) is 3. The highest BCUT2D eigenvalue weighted by atomic mass is 127. The molecule has 1 amide bonds. The van der Waals surface area contributed by atoms with Gasteiger partial charge in [0.05, 0.1) is 14.6 Å². The monoisotopic (exact) mass is 361 g/mol. The summed E-state index contributed by atoms with van der Waals surface area (Å²) in [6.45, 7) is 0.636. The number of amides is 1. The lowest BCUT2D eigenvalue weighted by atomic mass is 10.2. The van der Waals surface area contributed by atoms with E-state index in [2.05, 4.69) is 33.0 Å². The number of aromatic nitrogens is 2. The Balaban J connectivity index is 1.81. The fourth-order valence-corrected chi connectivity index (χ4v) is 2.78. The summed E-state index contributed by atoms with van der Waals surface area (Å²) in [5, 5.41) is 8.85. The van der Waals surface area contributed by atoms with Crippen LogP contribution in [-0.4, -0.2) is 22.2 Å². The highest BCUT2D eigenvalue weighted by Gasteiger charge is 2.07. The van der Waals surface area contributed by atoms with Crippen LogP contribution in [0.3, 0.4) is 0 Å². The van der Waals surface area contributed by atoms with Gasteiger partial charge in [-0.25, -0.2) is 0 Å². The summed E-state index contributed by atoms with van der Waals surface area (Å²) in [4.78, 5) is 11.7. The van der Waals surface area contributed by atoms with Crippen LogP contribution >= 0.6 is 33.9 Å². The number of thiophene rings is 1. The number of carbonyl (C=O) groups excluding carboxylic acids is 1. The molecule has 0 radical (unpaired) electrons. The van der Waals surface area contributed by atoms with Gasteiger partial charge in [-0.05, 0) is 40.6 Å². The highest BCUT2D eigenvalue weighted by Crippen LogP contribution is 2.16. The number of hydrogen-bond donors (Lipinski definition) is 1. The van der Waals surface area contributed by atoms with Gasteiger partial charge in [-0.1, -0.05) is 0 Å². The quantitative estimate of drug-likeness (QED) is 0.848. The summed E-state index contributed by atoms with van der Waals surface area (Å²) in [6.07, 6.45) is 4.58. The minimum absolute atomic E-state index is 0.00643. The maximum Gasteiger partial charge on any atom is 0.252 e. The second-order valence-corrected chi connectivity index (χ2v) is 6.47. The lowest BCUT2D eigenvalue weighted by Gasteiger charge is -2.01. The molecule has 6 heteroatoms. The predicted molar refractivity (Wildman–Crippen MR) is 76.3 cm³/mol. The molecule has 2 heterocycles. The standard InChI is InChI=1S/C11H12IN3OS/c1-15-6-8(5-14-15)2-3-13-11(16)9-4-10(12)17-7-9/h4-7H,2-3H2,1H3,(H,13,16). The van der Waals surface area contributed by atoms with Crippen molar-refractivity contribution in [2.45, 2.75) is 6.42 Å². The van der Waals surface area contributed by atoms with Gasteiger partial charge >= 0.3 is 0 Å². The molecule has 1 N–H and O–H groups in total. The molecule has 0 fully saturated rings. The molecule has 0 aliphatic heterocycles. The minimum Gasteiger partial charge on any atom is -0.352 e. The van der Waals surface area contributed by atoms with E-state index in [0.717, 1.165) is 20.4 Å². The third-order valence-corrected chi connectivity index (χ3v) is 4.08. The van der Waals surface area contributed by atoms with Gasteiger partial charge in [-0.3, -0.25) is 9.48 Å². The second kappa shape index (κ2) is 5.63. The van der Waals surface area contributed by atoms with E-state index in [4.69, 9.17) is 0 Å². The third-order valence-electron chi connectivity index (χ3n) is 2.29. The Labute approximate surface area is 117 Å². The van der Waals surface area contributed by atoms with E-state index < -0.39 is 0 Å². The van der Waals surface area contributed by atoms with Crippen molar-refractivity contribution in [3.05, 3.63) is 37.9 Å². The van der Waals surface area contributed by atoms with E-state index in [-0.39, 0.29) is 5.91 Å². The van der Waals surface area contributed by atoms with Crippen molar-refractivity contribution >= 4 is 39.8 Å². The molecule has 0 aliphatic rings. The first kappa shape index (κ1) is 12.6. The Bertz CT molecular complexity index is 520. The van der Waals surface area contributed by atoms with Gasteiger partial charge in [0.25, 0.3) is 5.91 Å². The van der Waals surface area contributed by atoms with Crippen molar-refractivity contribution < 1.29 is 4.79 Å². The van der Waals surface area contributed by atoms with Gasteiger partial charge in [0, 0.05) is 25.2 Å².